The SMILES string of the molecule is CC(C(=O)Nc1ccc(F)cc1F)C1CCN(S(=O)(=O)c2ccc(Cl)s2)CC1. The molecule has 0 aliphatic carbocycles. The van der Waals surface area contributed by atoms with Crippen LogP contribution in [0.4, 0.5) is 14.5 Å². The summed E-state index contributed by atoms with van der Waals surface area (Å²) < 4.78 is 54.0. The van der Waals surface area contributed by atoms with Crippen molar-refractivity contribution in [1.29, 1.82) is 0 Å². The molecule has 1 amide bonds. The molecule has 1 aromatic heterocycles. The zero-order valence-corrected chi connectivity index (χ0v) is 17.4. The van der Waals surface area contributed by atoms with Gasteiger partial charge in [0.1, 0.15) is 15.8 Å². The van der Waals surface area contributed by atoms with Crippen LogP contribution in [0.5, 0.6) is 0 Å². The number of nitrogens with zero attached hydrogens (tertiary/aromatic N) is 1. The van der Waals surface area contributed by atoms with E-state index in [1.165, 1.54) is 16.4 Å². The average molecular weight is 449 g/mol. The second-order valence-corrected chi connectivity index (χ2v) is 10.6. The number of anilines is 1. The van der Waals surface area contributed by atoms with E-state index in [-0.39, 0.29) is 21.7 Å². The third-order valence-corrected chi connectivity index (χ3v) is 8.55. The van der Waals surface area contributed by atoms with Crippen molar-refractivity contribution in [2.45, 2.75) is 24.0 Å². The van der Waals surface area contributed by atoms with Crippen LogP contribution in [-0.4, -0.2) is 31.7 Å². The molecule has 2 aromatic rings. The van der Waals surface area contributed by atoms with Crippen molar-refractivity contribution in [2.75, 3.05) is 18.4 Å². The highest BCUT2D eigenvalue weighted by molar-refractivity contribution is 7.91. The first-order valence-electron chi connectivity index (χ1n) is 8.70. The van der Waals surface area contributed by atoms with Gasteiger partial charge < -0.3 is 5.32 Å². The van der Waals surface area contributed by atoms with Gasteiger partial charge in [-0.05, 0) is 43.0 Å². The van der Waals surface area contributed by atoms with Crippen molar-refractivity contribution in [3.8, 4) is 0 Å². The summed E-state index contributed by atoms with van der Waals surface area (Å²) in [7, 11) is -3.59. The van der Waals surface area contributed by atoms with E-state index in [0.717, 1.165) is 17.4 Å². The fraction of sp³-hybridized carbons (Fsp3) is 0.389. The highest BCUT2D eigenvalue weighted by Gasteiger charge is 2.34. The van der Waals surface area contributed by atoms with E-state index in [1.807, 2.05) is 0 Å². The zero-order valence-electron chi connectivity index (χ0n) is 15.0. The van der Waals surface area contributed by atoms with Crippen LogP contribution in [0.1, 0.15) is 19.8 Å². The molecule has 28 heavy (non-hydrogen) atoms. The summed E-state index contributed by atoms with van der Waals surface area (Å²) >= 11 is 6.85. The molecule has 10 heteroatoms. The van der Waals surface area contributed by atoms with Crippen LogP contribution in [0.2, 0.25) is 4.34 Å². The molecule has 3 rings (SSSR count). The summed E-state index contributed by atoms with van der Waals surface area (Å²) in [5.41, 5.74) is -0.0761. The average Bonchev–Trinajstić information content (AvgIpc) is 3.10. The third-order valence-electron chi connectivity index (χ3n) is 4.95. The van der Waals surface area contributed by atoms with Crippen LogP contribution in [0.3, 0.4) is 0 Å². The summed E-state index contributed by atoms with van der Waals surface area (Å²) in [5.74, 6) is -2.41. The Morgan fingerprint density at radius 1 is 1.25 bits per heavy atom. The number of hydrogen-bond donors (Lipinski definition) is 1. The minimum Gasteiger partial charge on any atom is -0.323 e. The molecule has 5 nitrogen and oxygen atoms in total. The van der Waals surface area contributed by atoms with Crippen LogP contribution in [0, 0.1) is 23.5 Å². The maximum atomic E-state index is 13.7. The predicted octanol–water partition coefficient (Wildman–Crippen LogP) is 4.36. The Balaban J connectivity index is 1.60. The van der Waals surface area contributed by atoms with Crippen LogP contribution in [-0.2, 0) is 14.8 Å². The summed E-state index contributed by atoms with van der Waals surface area (Å²) in [6.07, 6.45) is 1.03. The van der Waals surface area contributed by atoms with Crippen molar-refractivity contribution in [3.05, 3.63) is 46.3 Å². The summed E-state index contributed by atoms with van der Waals surface area (Å²) in [6.45, 7) is 2.32. The van der Waals surface area contributed by atoms with Gasteiger partial charge in [-0.25, -0.2) is 17.2 Å². The number of amides is 1. The number of sulfonamides is 1. The number of hydrogen-bond acceptors (Lipinski definition) is 4. The standard InChI is InChI=1S/C18H19ClF2N2O3S2/c1-11(18(24)22-15-3-2-13(20)10-14(15)21)12-6-8-23(9-7-12)28(25,26)17-5-4-16(19)27-17/h2-5,10-12H,6-9H2,1H3,(H,22,24). The summed E-state index contributed by atoms with van der Waals surface area (Å²) in [5, 5.41) is 2.48. The fourth-order valence-electron chi connectivity index (χ4n) is 3.23. The van der Waals surface area contributed by atoms with Gasteiger partial charge in [0.15, 0.2) is 0 Å². The molecule has 1 aliphatic heterocycles. The molecule has 1 atom stereocenters. The minimum atomic E-state index is -3.59. The molecule has 1 N–H and O–H groups in total. The van der Waals surface area contributed by atoms with Crippen molar-refractivity contribution < 1.29 is 22.0 Å². The van der Waals surface area contributed by atoms with Gasteiger partial charge in [0, 0.05) is 25.1 Å². The maximum Gasteiger partial charge on any atom is 0.252 e. The lowest BCUT2D eigenvalue weighted by Crippen LogP contribution is -2.41. The van der Waals surface area contributed by atoms with Crippen molar-refractivity contribution in [1.82, 2.24) is 4.31 Å². The number of carbonyl (C=O) groups excluding carboxylic acids is 1. The van der Waals surface area contributed by atoms with Gasteiger partial charge in [-0.2, -0.15) is 4.31 Å². The largest absolute Gasteiger partial charge is 0.323 e. The van der Waals surface area contributed by atoms with Gasteiger partial charge in [0.2, 0.25) is 5.91 Å². The molecule has 1 aliphatic rings. The number of piperidine rings is 1. The van der Waals surface area contributed by atoms with Gasteiger partial charge >= 0.3 is 0 Å². The molecule has 0 bridgehead atoms. The van der Waals surface area contributed by atoms with Crippen molar-refractivity contribution in [2.24, 2.45) is 11.8 Å². The molecule has 0 spiro atoms. The minimum absolute atomic E-state index is 0.0399. The van der Waals surface area contributed by atoms with Gasteiger partial charge in [-0.15, -0.1) is 11.3 Å². The molecule has 1 fully saturated rings. The first kappa shape index (κ1) is 21.2. The number of thiophene rings is 1. The predicted molar refractivity (Wildman–Crippen MR) is 105 cm³/mol. The van der Waals surface area contributed by atoms with E-state index < -0.39 is 27.6 Å². The second kappa shape index (κ2) is 8.44. The van der Waals surface area contributed by atoms with Gasteiger partial charge in [0.25, 0.3) is 10.0 Å². The number of nitrogens with one attached hydrogen (secondary N) is 1. The number of carbonyl (C=O) groups is 1. The number of benzene rings is 1. The molecule has 152 valence electrons. The third kappa shape index (κ3) is 4.53. The molecule has 1 aromatic carbocycles. The van der Waals surface area contributed by atoms with Crippen LogP contribution in [0.15, 0.2) is 34.5 Å². The topological polar surface area (TPSA) is 66.5 Å². The maximum absolute atomic E-state index is 13.7. The molecule has 2 heterocycles. The van der Waals surface area contributed by atoms with Crippen molar-refractivity contribution >= 4 is 44.6 Å². The van der Waals surface area contributed by atoms with Crippen LogP contribution < -0.4 is 5.32 Å². The lowest BCUT2D eigenvalue weighted by Gasteiger charge is -2.33. The first-order valence-corrected chi connectivity index (χ1v) is 11.3. The molecular formula is C18H19ClF2N2O3S2. The van der Waals surface area contributed by atoms with Gasteiger partial charge in [-0.1, -0.05) is 18.5 Å². The monoisotopic (exact) mass is 448 g/mol. The lowest BCUT2D eigenvalue weighted by atomic mass is 9.85. The van der Waals surface area contributed by atoms with E-state index in [1.54, 1.807) is 13.0 Å². The normalized spacial score (nSPS) is 17.4. The number of rotatable bonds is 5. The zero-order chi connectivity index (χ0) is 20.5. The summed E-state index contributed by atoms with van der Waals surface area (Å²) in [4.78, 5) is 12.4. The van der Waals surface area contributed by atoms with Gasteiger partial charge in [-0.3, -0.25) is 4.79 Å². The Morgan fingerprint density at radius 2 is 1.93 bits per heavy atom. The van der Waals surface area contributed by atoms with Crippen molar-refractivity contribution in [3.63, 3.8) is 0 Å². The quantitative estimate of drug-likeness (QED) is 0.739. The Hall–Kier alpha value is -1.55. The molecule has 1 unspecified atom stereocenters. The van der Waals surface area contributed by atoms with E-state index in [2.05, 4.69) is 5.32 Å². The van der Waals surface area contributed by atoms with E-state index in [4.69, 9.17) is 11.6 Å². The first-order chi connectivity index (χ1) is 13.2. The van der Waals surface area contributed by atoms with Crippen LogP contribution in [0.25, 0.3) is 0 Å². The Kier molecular flexibility index (Phi) is 6.38. The Labute approximate surface area is 171 Å². The Morgan fingerprint density at radius 3 is 2.50 bits per heavy atom. The van der Waals surface area contributed by atoms with E-state index in [0.29, 0.717) is 36.3 Å². The number of halogens is 3. The summed E-state index contributed by atoms with van der Waals surface area (Å²) in [6, 6.07) is 6.00. The van der Waals surface area contributed by atoms with E-state index in [9.17, 15) is 22.0 Å². The fourth-order valence-corrected chi connectivity index (χ4v) is 6.34. The highest BCUT2D eigenvalue weighted by atomic mass is 35.5. The molecular weight excluding hydrogens is 430 g/mol. The van der Waals surface area contributed by atoms with Gasteiger partial charge in [0.05, 0.1) is 10.0 Å². The Bertz CT molecular complexity index is 973. The van der Waals surface area contributed by atoms with Crippen LogP contribution >= 0.6 is 22.9 Å². The second-order valence-electron chi connectivity index (χ2n) is 6.70. The molecule has 0 radical (unpaired) electrons. The highest BCUT2D eigenvalue weighted by Crippen LogP contribution is 2.32. The van der Waals surface area contributed by atoms with E-state index >= 15 is 0 Å². The molecule has 0 saturated carbocycles. The molecule has 1 saturated heterocycles. The lowest BCUT2D eigenvalue weighted by molar-refractivity contribution is -0.121. The smallest absolute Gasteiger partial charge is 0.252 e.